The van der Waals surface area contributed by atoms with Crippen LogP contribution < -0.4 is 9.73 Å². The van der Waals surface area contributed by atoms with Gasteiger partial charge in [-0.1, -0.05) is 33.6 Å². The number of amides is 1. The highest BCUT2D eigenvalue weighted by molar-refractivity contribution is 9.10. The van der Waals surface area contributed by atoms with Crippen LogP contribution in [-0.2, 0) is 14.8 Å². The number of nitrogens with zero attached hydrogens (tertiary/aromatic N) is 3. The zero-order valence-electron chi connectivity index (χ0n) is 21.0. The number of hydrazone groups is 1. The Morgan fingerprint density at radius 2 is 1.63 bits per heavy atom. The van der Waals surface area contributed by atoms with Crippen LogP contribution in [0.5, 0.6) is 0 Å². The van der Waals surface area contributed by atoms with Gasteiger partial charge in [0, 0.05) is 27.1 Å². The summed E-state index contributed by atoms with van der Waals surface area (Å²) in [5, 5.41) is 4.08. The van der Waals surface area contributed by atoms with E-state index in [-0.39, 0.29) is 4.90 Å². The molecule has 4 rings (SSSR count). The Balaban J connectivity index is 1.54. The largest absolute Gasteiger partial charge is 0.318 e. The molecule has 196 valence electrons. The van der Waals surface area contributed by atoms with Crippen LogP contribution in [0.15, 0.2) is 93.3 Å². The molecule has 7 nitrogen and oxygen atoms in total. The molecule has 10 heteroatoms. The smallest absolute Gasteiger partial charge is 0.264 e. The van der Waals surface area contributed by atoms with Crippen LogP contribution in [0.3, 0.4) is 0 Å². The van der Waals surface area contributed by atoms with Gasteiger partial charge in [-0.2, -0.15) is 5.10 Å². The zero-order valence-corrected chi connectivity index (χ0v) is 23.4. The van der Waals surface area contributed by atoms with Crippen molar-refractivity contribution in [1.29, 1.82) is 0 Å². The summed E-state index contributed by atoms with van der Waals surface area (Å²) in [7, 11) is -4.15. The fourth-order valence-corrected chi connectivity index (χ4v) is 5.69. The highest BCUT2D eigenvalue weighted by Gasteiger charge is 2.27. The molecule has 0 fully saturated rings. The van der Waals surface area contributed by atoms with Crippen molar-refractivity contribution in [2.45, 2.75) is 25.7 Å². The minimum atomic E-state index is -4.15. The number of nitrogens with one attached hydrogen (secondary N) is 1. The maximum atomic E-state index is 13.4. The van der Waals surface area contributed by atoms with Crippen LogP contribution in [0.1, 0.15) is 22.5 Å². The second-order valence-corrected chi connectivity index (χ2v) is 11.5. The van der Waals surface area contributed by atoms with E-state index in [9.17, 15) is 17.6 Å². The van der Waals surface area contributed by atoms with Gasteiger partial charge in [-0.3, -0.25) is 9.10 Å². The minimum Gasteiger partial charge on any atom is -0.318 e. The molecule has 0 saturated heterocycles. The summed E-state index contributed by atoms with van der Waals surface area (Å²) in [4.78, 5) is 12.7. The molecule has 1 amide bonds. The Labute approximate surface area is 229 Å². The summed E-state index contributed by atoms with van der Waals surface area (Å²) in [6, 6.07) is 21.1. The SMILES string of the molecule is Cc1ccc(N(CC(=O)N/N=C\c2cc(C)n(-c3ccc(Br)cc3)c2C)S(=O)(=O)c2ccc(F)cc2)cc1. The number of hydrogen-bond donors (Lipinski definition) is 1. The van der Waals surface area contributed by atoms with Crippen molar-refractivity contribution in [3.8, 4) is 5.69 Å². The number of benzene rings is 3. The molecule has 1 aromatic heterocycles. The van der Waals surface area contributed by atoms with E-state index in [1.165, 1.54) is 18.3 Å². The van der Waals surface area contributed by atoms with Gasteiger partial charge in [0.15, 0.2) is 0 Å². The van der Waals surface area contributed by atoms with Crippen molar-refractivity contribution in [2.24, 2.45) is 5.10 Å². The molecule has 0 atom stereocenters. The highest BCUT2D eigenvalue weighted by Crippen LogP contribution is 2.25. The molecule has 1 heterocycles. The Kier molecular flexibility index (Phi) is 8.13. The van der Waals surface area contributed by atoms with Gasteiger partial charge in [-0.15, -0.1) is 0 Å². The normalized spacial score (nSPS) is 11.6. The Hall–Kier alpha value is -3.76. The molecule has 0 aliphatic heterocycles. The Morgan fingerprint density at radius 1 is 1.00 bits per heavy atom. The third-order valence-electron chi connectivity index (χ3n) is 5.96. The summed E-state index contributed by atoms with van der Waals surface area (Å²) in [6.07, 6.45) is 1.53. The monoisotopic (exact) mass is 596 g/mol. The highest BCUT2D eigenvalue weighted by atomic mass is 79.9. The number of carbonyl (C=O) groups is 1. The van der Waals surface area contributed by atoms with Gasteiger partial charge < -0.3 is 4.57 Å². The first-order valence-electron chi connectivity index (χ1n) is 11.7. The molecule has 38 heavy (non-hydrogen) atoms. The molecule has 0 bridgehead atoms. The van der Waals surface area contributed by atoms with Crippen molar-refractivity contribution in [3.63, 3.8) is 0 Å². The first-order valence-corrected chi connectivity index (χ1v) is 13.9. The second-order valence-electron chi connectivity index (χ2n) is 8.73. The van der Waals surface area contributed by atoms with Crippen LogP contribution >= 0.6 is 15.9 Å². The topological polar surface area (TPSA) is 83.8 Å². The van der Waals surface area contributed by atoms with Gasteiger partial charge in [0.1, 0.15) is 12.4 Å². The van der Waals surface area contributed by atoms with Crippen molar-refractivity contribution < 1.29 is 17.6 Å². The standard InChI is InChI=1S/C28H26BrFN4O3S/c1-19-4-10-25(11-5-19)33(38(36,37)27-14-8-24(30)9-15-27)18-28(35)32-31-17-22-16-20(2)34(21(22)3)26-12-6-23(29)7-13-26/h4-17H,18H2,1-3H3,(H,32,35)/b31-17-. The van der Waals surface area contributed by atoms with Crippen LogP contribution in [0.2, 0.25) is 0 Å². The van der Waals surface area contributed by atoms with Crippen molar-refractivity contribution in [2.75, 3.05) is 10.8 Å². The van der Waals surface area contributed by atoms with Gasteiger partial charge in [-0.25, -0.2) is 18.2 Å². The van der Waals surface area contributed by atoms with Crippen molar-refractivity contribution in [3.05, 3.63) is 112 Å². The van der Waals surface area contributed by atoms with Crippen LogP contribution in [0.25, 0.3) is 5.69 Å². The first-order chi connectivity index (χ1) is 18.1. The molecule has 3 aromatic carbocycles. The number of sulfonamides is 1. The van der Waals surface area contributed by atoms with Crippen molar-refractivity contribution >= 4 is 43.8 Å². The van der Waals surface area contributed by atoms with Crippen LogP contribution in [0.4, 0.5) is 10.1 Å². The fourth-order valence-electron chi connectivity index (χ4n) is 4.01. The summed E-state index contributed by atoms with van der Waals surface area (Å²) in [5.74, 6) is -1.19. The number of anilines is 1. The van der Waals surface area contributed by atoms with Crippen LogP contribution in [0, 0.1) is 26.6 Å². The van der Waals surface area contributed by atoms with Crippen LogP contribution in [-0.4, -0.2) is 31.7 Å². The quantitative estimate of drug-likeness (QED) is 0.211. The van der Waals surface area contributed by atoms with Gasteiger partial charge in [0.05, 0.1) is 16.8 Å². The number of aromatic nitrogens is 1. The number of hydrogen-bond acceptors (Lipinski definition) is 4. The lowest BCUT2D eigenvalue weighted by Crippen LogP contribution is -2.39. The fraction of sp³-hybridized carbons (Fsp3) is 0.143. The molecular weight excluding hydrogens is 571 g/mol. The summed E-state index contributed by atoms with van der Waals surface area (Å²) < 4.78 is 44.2. The molecule has 0 aliphatic carbocycles. The molecule has 0 spiro atoms. The predicted molar refractivity (Wildman–Crippen MR) is 151 cm³/mol. The first kappa shape index (κ1) is 27.3. The van der Waals surface area contributed by atoms with Gasteiger partial charge >= 0.3 is 0 Å². The van der Waals surface area contributed by atoms with Gasteiger partial charge in [0.2, 0.25) is 0 Å². The van der Waals surface area contributed by atoms with E-state index in [4.69, 9.17) is 0 Å². The lowest BCUT2D eigenvalue weighted by Gasteiger charge is -2.23. The molecule has 4 aromatic rings. The van der Waals surface area contributed by atoms with Gasteiger partial charge in [-0.05, 0) is 87.5 Å². The summed E-state index contributed by atoms with van der Waals surface area (Å²) >= 11 is 3.44. The molecule has 0 saturated carbocycles. The average molecular weight is 598 g/mol. The van der Waals surface area contributed by atoms with E-state index in [1.807, 2.05) is 51.1 Å². The maximum Gasteiger partial charge on any atom is 0.264 e. The lowest BCUT2D eigenvalue weighted by molar-refractivity contribution is -0.119. The third-order valence-corrected chi connectivity index (χ3v) is 8.28. The maximum absolute atomic E-state index is 13.4. The van der Waals surface area contributed by atoms with E-state index in [2.05, 4.69) is 31.0 Å². The van der Waals surface area contributed by atoms with E-state index in [1.54, 1.807) is 24.3 Å². The Morgan fingerprint density at radius 3 is 2.26 bits per heavy atom. The Bertz CT molecular complexity index is 1580. The summed E-state index contributed by atoms with van der Waals surface area (Å²) in [5.41, 5.74) is 7.39. The summed E-state index contributed by atoms with van der Waals surface area (Å²) in [6.45, 7) is 5.28. The minimum absolute atomic E-state index is 0.129. The number of rotatable bonds is 8. The molecule has 0 aliphatic rings. The molecule has 1 N–H and O–H groups in total. The molecular formula is C28H26BrFN4O3S. The third kappa shape index (κ3) is 6.03. The number of halogens is 2. The zero-order chi connectivity index (χ0) is 27.4. The lowest BCUT2D eigenvalue weighted by atomic mass is 10.2. The second kappa shape index (κ2) is 11.3. The van der Waals surface area contributed by atoms with Crippen molar-refractivity contribution in [1.82, 2.24) is 9.99 Å². The van der Waals surface area contributed by atoms with E-state index < -0.39 is 28.3 Å². The number of aryl methyl sites for hydroxylation is 2. The van der Waals surface area contributed by atoms with E-state index >= 15 is 0 Å². The van der Waals surface area contributed by atoms with E-state index in [0.717, 1.165) is 49.1 Å². The molecule has 0 radical (unpaired) electrons. The van der Waals surface area contributed by atoms with Gasteiger partial charge in [0.25, 0.3) is 15.9 Å². The predicted octanol–water partition coefficient (Wildman–Crippen LogP) is 5.65. The number of carbonyl (C=O) groups excluding carboxylic acids is 1. The van der Waals surface area contributed by atoms with E-state index in [0.29, 0.717) is 5.69 Å². The molecule has 0 unspecified atom stereocenters. The average Bonchev–Trinajstić information content (AvgIpc) is 3.16.